The van der Waals surface area contributed by atoms with Crippen molar-refractivity contribution < 1.29 is 9.84 Å². The van der Waals surface area contributed by atoms with E-state index in [1.165, 1.54) is 18.4 Å². The highest BCUT2D eigenvalue weighted by molar-refractivity contribution is 5.27. The van der Waals surface area contributed by atoms with Crippen molar-refractivity contribution in [1.82, 2.24) is 0 Å². The van der Waals surface area contributed by atoms with Gasteiger partial charge >= 0.3 is 0 Å². The Hall–Kier alpha value is -1.02. The highest BCUT2D eigenvalue weighted by atomic mass is 16.5. The molecule has 0 aliphatic heterocycles. The van der Waals surface area contributed by atoms with Gasteiger partial charge in [-0.3, -0.25) is 0 Å². The highest BCUT2D eigenvalue weighted by Crippen LogP contribution is 2.21. The van der Waals surface area contributed by atoms with Crippen LogP contribution in [0.25, 0.3) is 0 Å². The van der Waals surface area contributed by atoms with Crippen LogP contribution in [0.2, 0.25) is 0 Å². The average Bonchev–Trinajstić information content (AvgIpc) is 2.55. The van der Waals surface area contributed by atoms with E-state index in [-0.39, 0.29) is 12.2 Å². The smallest absolute Gasteiger partial charge is 0.120 e. The number of rotatable bonds is 8. The molecule has 2 heteroatoms. The van der Waals surface area contributed by atoms with E-state index in [9.17, 15) is 0 Å². The van der Waals surface area contributed by atoms with Gasteiger partial charge in [-0.2, -0.15) is 0 Å². The van der Waals surface area contributed by atoms with Crippen molar-refractivity contribution in [2.45, 2.75) is 93.6 Å². The van der Waals surface area contributed by atoms with Crippen LogP contribution in [0, 0.1) is 11.8 Å². The molecular formula is C23H44O2. The van der Waals surface area contributed by atoms with Crippen LogP contribution >= 0.6 is 0 Å². The van der Waals surface area contributed by atoms with E-state index >= 15 is 0 Å². The predicted molar refractivity (Wildman–Crippen MR) is 112 cm³/mol. The lowest BCUT2D eigenvalue weighted by Gasteiger charge is -2.25. The number of aliphatic hydroxyl groups is 1. The van der Waals surface area contributed by atoms with Crippen molar-refractivity contribution in [3.05, 3.63) is 29.8 Å². The summed E-state index contributed by atoms with van der Waals surface area (Å²) in [5.41, 5.74) is 1.00. The normalized spacial score (nSPS) is 10.7. The van der Waals surface area contributed by atoms with Crippen molar-refractivity contribution in [3.63, 3.8) is 0 Å². The van der Waals surface area contributed by atoms with Gasteiger partial charge in [0.1, 0.15) is 11.4 Å². The minimum absolute atomic E-state index is 0.153. The van der Waals surface area contributed by atoms with Crippen LogP contribution in [0.15, 0.2) is 24.3 Å². The third-order valence-electron chi connectivity index (χ3n) is 3.76. The zero-order valence-electron chi connectivity index (χ0n) is 18.4. The molecule has 25 heavy (non-hydrogen) atoms. The predicted octanol–water partition coefficient (Wildman–Crippen LogP) is 6.89. The Labute approximate surface area is 158 Å². The molecule has 1 aromatic rings. The molecule has 0 bridgehead atoms. The van der Waals surface area contributed by atoms with Gasteiger partial charge in [-0.25, -0.2) is 0 Å². The van der Waals surface area contributed by atoms with E-state index in [2.05, 4.69) is 46.8 Å². The number of hydrogen-bond acceptors (Lipinski definition) is 2. The largest absolute Gasteiger partial charge is 0.488 e. The Morgan fingerprint density at radius 3 is 1.68 bits per heavy atom. The molecule has 2 nitrogen and oxygen atoms in total. The number of aryl methyl sites for hydroxylation is 1. The SMILES string of the molecule is CC.CC(C)CCC(C)C.CCc1ccc(OC(C)(C)CCO)cc1. The van der Waals surface area contributed by atoms with Crippen molar-refractivity contribution in [3.8, 4) is 5.75 Å². The van der Waals surface area contributed by atoms with Gasteiger partial charge in [-0.1, -0.05) is 73.4 Å². The summed E-state index contributed by atoms with van der Waals surface area (Å²) in [4.78, 5) is 0. The lowest BCUT2D eigenvalue weighted by molar-refractivity contribution is 0.0765. The van der Waals surface area contributed by atoms with Crippen LogP contribution in [0.3, 0.4) is 0 Å². The first-order valence-corrected chi connectivity index (χ1v) is 10.1. The summed E-state index contributed by atoms with van der Waals surface area (Å²) in [6.07, 6.45) is 4.46. The fourth-order valence-corrected chi connectivity index (χ4v) is 2.10. The fourth-order valence-electron chi connectivity index (χ4n) is 2.10. The van der Waals surface area contributed by atoms with Gasteiger partial charge in [-0.05, 0) is 49.8 Å². The van der Waals surface area contributed by atoms with Gasteiger partial charge in [-0.15, -0.1) is 0 Å². The first kappa shape index (κ1) is 26.2. The van der Waals surface area contributed by atoms with E-state index in [1.54, 1.807) is 0 Å². The molecule has 0 aromatic heterocycles. The van der Waals surface area contributed by atoms with Crippen LogP contribution in [0.5, 0.6) is 5.75 Å². The number of ether oxygens (including phenoxy) is 1. The van der Waals surface area contributed by atoms with E-state index < -0.39 is 0 Å². The van der Waals surface area contributed by atoms with Crippen molar-refractivity contribution in [2.24, 2.45) is 11.8 Å². The Morgan fingerprint density at radius 1 is 0.920 bits per heavy atom. The van der Waals surface area contributed by atoms with Crippen LogP contribution in [0.4, 0.5) is 0 Å². The molecule has 1 N–H and O–H groups in total. The van der Waals surface area contributed by atoms with Crippen LogP contribution in [0.1, 0.15) is 87.1 Å². The molecule has 0 aliphatic carbocycles. The summed E-state index contributed by atoms with van der Waals surface area (Å²) in [7, 11) is 0. The summed E-state index contributed by atoms with van der Waals surface area (Å²) in [6, 6.07) is 8.12. The van der Waals surface area contributed by atoms with Crippen LogP contribution in [-0.2, 0) is 6.42 Å². The van der Waals surface area contributed by atoms with E-state index in [0.717, 1.165) is 24.0 Å². The summed E-state index contributed by atoms with van der Waals surface area (Å²) in [5, 5.41) is 8.88. The lowest BCUT2D eigenvalue weighted by atomic mass is 10.0. The fraction of sp³-hybridized carbons (Fsp3) is 0.739. The molecule has 0 atom stereocenters. The van der Waals surface area contributed by atoms with Gasteiger partial charge in [0.05, 0.1) is 0 Å². The average molecular weight is 353 g/mol. The van der Waals surface area contributed by atoms with Gasteiger partial charge in [0, 0.05) is 13.0 Å². The lowest BCUT2D eigenvalue weighted by Crippen LogP contribution is -2.29. The van der Waals surface area contributed by atoms with Crippen molar-refractivity contribution in [1.29, 1.82) is 0 Å². The second kappa shape index (κ2) is 15.3. The Kier molecular flexibility index (Phi) is 16.0. The van der Waals surface area contributed by atoms with Gasteiger partial charge < -0.3 is 9.84 Å². The topological polar surface area (TPSA) is 29.5 Å². The highest BCUT2D eigenvalue weighted by Gasteiger charge is 2.18. The van der Waals surface area contributed by atoms with E-state index in [1.807, 2.05) is 39.8 Å². The van der Waals surface area contributed by atoms with Gasteiger partial charge in [0.15, 0.2) is 0 Å². The quantitative estimate of drug-likeness (QED) is 0.551. The Morgan fingerprint density at radius 2 is 1.36 bits per heavy atom. The van der Waals surface area contributed by atoms with Crippen LogP contribution in [-0.4, -0.2) is 17.3 Å². The Balaban J connectivity index is 0. The molecule has 0 aliphatic rings. The maximum Gasteiger partial charge on any atom is 0.120 e. The summed E-state index contributed by atoms with van der Waals surface area (Å²) < 4.78 is 5.78. The zero-order chi connectivity index (χ0) is 19.9. The second-order valence-electron chi connectivity index (χ2n) is 7.70. The second-order valence-corrected chi connectivity index (χ2v) is 7.70. The summed E-state index contributed by atoms with van der Waals surface area (Å²) in [5.74, 6) is 2.64. The molecule has 1 rings (SSSR count). The standard InChI is InChI=1S/C13H20O2.C8H18.C2H6/c1-4-11-5-7-12(8-6-11)15-13(2,3)9-10-14;1-7(2)5-6-8(3)4;1-2/h5-8,14H,4,9-10H2,1-3H3;7-8H,5-6H2,1-4H3;1-2H3. The number of benzene rings is 1. The van der Waals surface area contributed by atoms with Crippen molar-refractivity contribution >= 4 is 0 Å². The monoisotopic (exact) mass is 352 g/mol. The molecular weight excluding hydrogens is 308 g/mol. The van der Waals surface area contributed by atoms with E-state index in [4.69, 9.17) is 9.84 Å². The van der Waals surface area contributed by atoms with Crippen LogP contribution < -0.4 is 4.74 Å². The molecule has 0 amide bonds. The molecule has 0 fully saturated rings. The first-order chi connectivity index (χ1) is 11.7. The summed E-state index contributed by atoms with van der Waals surface area (Å²) >= 11 is 0. The molecule has 1 aromatic carbocycles. The first-order valence-electron chi connectivity index (χ1n) is 10.1. The zero-order valence-corrected chi connectivity index (χ0v) is 18.4. The van der Waals surface area contributed by atoms with Gasteiger partial charge in [0.25, 0.3) is 0 Å². The van der Waals surface area contributed by atoms with Crippen molar-refractivity contribution in [2.75, 3.05) is 6.61 Å². The molecule has 0 spiro atoms. The Bertz CT molecular complexity index is 383. The molecule has 0 heterocycles. The van der Waals surface area contributed by atoms with E-state index in [0.29, 0.717) is 6.42 Å². The third-order valence-corrected chi connectivity index (χ3v) is 3.76. The number of hydrogen-bond donors (Lipinski definition) is 1. The molecule has 148 valence electrons. The maximum atomic E-state index is 8.88. The minimum Gasteiger partial charge on any atom is -0.488 e. The molecule has 0 saturated heterocycles. The molecule has 0 unspecified atom stereocenters. The summed E-state index contributed by atoms with van der Waals surface area (Å²) in [6.45, 7) is 19.4. The minimum atomic E-state index is -0.303. The van der Waals surface area contributed by atoms with Gasteiger partial charge in [0.2, 0.25) is 0 Å². The molecule has 0 radical (unpaired) electrons. The number of aliphatic hydroxyl groups excluding tert-OH is 1. The third kappa shape index (κ3) is 16.2. The molecule has 0 saturated carbocycles. The maximum absolute atomic E-state index is 8.88.